The van der Waals surface area contributed by atoms with Crippen LogP contribution in [0.5, 0.6) is 0 Å². The predicted octanol–water partition coefficient (Wildman–Crippen LogP) is 2.28. The van der Waals surface area contributed by atoms with Crippen LogP contribution in [0.15, 0.2) is 11.8 Å². The second kappa shape index (κ2) is 3.04. The molecule has 2 heteroatoms. The van der Waals surface area contributed by atoms with Crippen molar-refractivity contribution in [2.45, 2.75) is 26.4 Å². The highest BCUT2D eigenvalue weighted by molar-refractivity contribution is 5.00. The van der Waals surface area contributed by atoms with Crippen LogP contribution in [0.1, 0.15) is 20.3 Å². The highest BCUT2D eigenvalue weighted by Gasteiger charge is 2.15. The van der Waals surface area contributed by atoms with Crippen LogP contribution in [0.25, 0.3) is 0 Å². The molecule has 0 aliphatic carbocycles. The van der Waals surface area contributed by atoms with Crippen molar-refractivity contribution in [2.75, 3.05) is 6.61 Å². The molecule has 1 nitrogen and oxygen atoms in total. The Labute approximate surface area is 60.9 Å². The summed E-state index contributed by atoms with van der Waals surface area (Å²) < 4.78 is 17.6. The quantitative estimate of drug-likeness (QED) is 0.548. The maximum Gasteiger partial charge on any atom is 0.137 e. The van der Waals surface area contributed by atoms with Gasteiger partial charge in [-0.25, -0.2) is 4.39 Å². The lowest BCUT2D eigenvalue weighted by Gasteiger charge is -2.19. The minimum atomic E-state index is -0.789. The molecule has 1 atom stereocenters. The topological polar surface area (TPSA) is 9.23 Å². The molecule has 0 bridgehead atoms. The number of rotatable bonds is 1. The number of allylic oxidation sites excluding steroid dienone is 2. The second-order valence-corrected chi connectivity index (χ2v) is 2.91. The molecular weight excluding hydrogens is 131 g/mol. The number of ether oxygens (including phenoxy) is 1. The molecule has 1 aliphatic heterocycles. The standard InChI is InChI=1S/C8H13FO/c1-6(2)8-4-3-7(9)5-10-8/h4,6-7H,3,5H2,1-2H3. The van der Waals surface area contributed by atoms with Gasteiger partial charge in [-0.15, -0.1) is 0 Å². The van der Waals surface area contributed by atoms with Crippen molar-refractivity contribution in [3.05, 3.63) is 11.8 Å². The largest absolute Gasteiger partial charge is 0.495 e. The monoisotopic (exact) mass is 144 g/mol. The van der Waals surface area contributed by atoms with E-state index in [9.17, 15) is 4.39 Å². The molecule has 0 aromatic carbocycles. The van der Waals surface area contributed by atoms with E-state index in [2.05, 4.69) is 0 Å². The molecule has 1 aliphatic rings. The summed E-state index contributed by atoms with van der Waals surface area (Å²) in [6.45, 7) is 4.33. The third kappa shape index (κ3) is 1.72. The summed E-state index contributed by atoms with van der Waals surface area (Å²) in [6.07, 6.45) is 1.58. The van der Waals surface area contributed by atoms with Gasteiger partial charge in [0.25, 0.3) is 0 Å². The molecule has 1 rings (SSSR count). The summed E-state index contributed by atoms with van der Waals surface area (Å²) in [4.78, 5) is 0. The van der Waals surface area contributed by atoms with Crippen LogP contribution in [0.4, 0.5) is 4.39 Å². The van der Waals surface area contributed by atoms with E-state index >= 15 is 0 Å². The summed E-state index contributed by atoms with van der Waals surface area (Å²) in [5, 5.41) is 0. The predicted molar refractivity (Wildman–Crippen MR) is 38.4 cm³/mol. The molecule has 0 N–H and O–H groups in total. The van der Waals surface area contributed by atoms with Gasteiger partial charge in [0.1, 0.15) is 12.8 Å². The van der Waals surface area contributed by atoms with Crippen LogP contribution in [0.2, 0.25) is 0 Å². The van der Waals surface area contributed by atoms with E-state index in [1.807, 2.05) is 19.9 Å². The third-order valence-corrected chi connectivity index (χ3v) is 1.57. The first-order valence-electron chi connectivity index (χ1n) is 3.67. The summed E-state index contributed by atoms with van der Waals surface area (Å²) in [6, 6.07) is 0. The van der Waals surface area contributed by atoms with Crippen molar-refractivity contribution in [3.8, 4) is 0 Å². The maximum absolute atomic E-state index is 12.5. The van der Waals surface area contributed by atoms with Gasteiger partial charge in [0.2, 0.25) is 0 Å². The number of alkyl halides is 1. The third-order valence-electron chi connectivity index (χ3n) is 1.57. The fourth-order valence-corrected chi connectivity index (χ4v) is 0.960. The van der Waals surface area contributed by atoms with Gasteiger partial charge < -0.3 is 4.74 Å². The first-order chi connectivity index (χ1) is 4.70. The van der Waals surface area contributed by atoms with Gasteiger partial charge in [-0.3, -0.25) is 0 Å². The van der Waals surface area contributed by atoms with Gasteiger partial charge in [-0.2, -0.15) is 0 Å². The average Bonchev–Trinajstić information content (AvgIpc) is 1.88. The Morgan fingerprint density at radius 2 is 2.40 bits per heavy atom. The molecule has 0 aromatic heterocycles. The van der Waals surface area contributed by atoms with Crippen molar-refractivity contribution in [1.29, 1.82) is 0 Å². The van der Waals surface area contributed by atoms with E-state index in [-0.39, 0.29) is 6.61 Å². The van der Waals surface area contributed by atoms with Gasteiger partial charge in [-0.1, -0.05) is 13.8 Å². The van der Waals surface area contributed by atoms with Gasteiger partial charge in [0.05, 0.1) is 5.76 Å². The average molecular weight is 144 g/mol. The molecule has 58 valence electrons. The number of hydrogen-bond donors (Lipinski definition) is 0. The molecule has 10 heavy (non-hydrogen) atoms. The van der Waals surface area contributed by atoms with Crippen LogP contribution in [0, 0.1) is 5.92 Å². The Hall–Kier alpha value is -0.530. The Balaban J connectivity index is 2.48. The SMILES string of the molecule is CC(C)C1=CCC(F)CO1. The first kappa shape index (κ1) is 7.58. The number of halogens is 1. The fraction of sp³-hybridized carbons (Fsp3) is 0.750. The van der Waals surface area contributed by atoms with Crippen molar-refractivity contribution in [2.24, 2.45) is 5.92 Å². The minimum Gasteiger partial charge on any atom is -0.495 e. The molecule has 1 heterocycles. The van der Waals surface area contributed by atoms with Gasteiger partial charge in [0.15, 0.2) is 0 Å². The summed E-state index contributed by atoms with van der Waals surface area (Å²) in [7, 11) is 0. The maximum atomic E-state index is 12.5. The van der Waals surface area contributed by atoms with E-state index in [1.54, 1.807) is 0 Å². The van der Waals surface area contributed by atoms with Crippen LogP contribution < -0.4 is 0 Å². The van der Waals surface area contributed by atoms with E-state index in [0.29, 0.717) is 12.3 Å². The van der Waals surface area contributed by atoms with Crippen LogP contribution in [-0.4, -0.2) is 12.8 Å². The highest BCUT2D eigenvalue weighted by atomic mass is 19.1. The smallest absolute Gasteiger partial charge is 0.137 e. The van der Waals surface area contributed by atoms with Gasteiger partial charge in [-0.05, 0) is 6.08 Å². The Kier molecular flexibility index (Phi) is 2.30. The first-order valence-corrected chi connectivity index (χ1v) is 3.67. The Morgan fingerprint density at radius 3 is 2.80 bits per heavy atom. The zero-order chi connectivity index (χ0) is 7.56. The highest BCUT2D eigenvalue weighted by Crippen LogP contribution is 2.19. The van der Waals surface area contributed by atoms with Crippen molar-refractivity contribution in [1.82, 2.24) is 0 Å². The normalized spacial score (nSPS) is 26.0. The molecule has 0 saturated carbocycles. The van der Waals surface area contributed by atoms with Gasteiger partial charge in [0, 0.05) is 12.3 Å². The summed E-state index contributed by atoms with van der Waals surface area (Å²) in [5.74, 6) is 1.33. The van der Waals surface area contributed by atoms with Crippen molar-refractivity contribution in [3.63, 3.8) is 0 Å². The molecule has 0 spiro atoms. The second-order valence-electron chi connectivity index (χ2n) is 2.91. The van der Waals surface area contributed by atoms with E-state index in [4.69, 9.17) is 4.74 Å². The molecule has 0 aromatic rings. The molecule has 1 unspecified atom stereocenters. The minimum absolute atomic E-state index is 0.240. The fourth-order valence-electron chi connectivity index (χ4n) is 0.960. The van der Waals surface area contributed by atoms with E-state index < -0.39 is 6.17 Å². The molecule has 0 saturated heterocycles. The Morgan fingerprint density at radius 1 is 1.70 bits per heavy atom. The Bertz CT molecular complexity index is 140. The van der Waals surface area contributed by atoms with Crippen molar-refractivity contribution < 1.29 is 9.13 Å². The lowest BCUT2D eigenvalue weighted by atomic mass is 10.1. The van der Waals surface area contributed by atoms with Gasteiger partial charge >= 0.3 is 0 Å². The summed E-state index contributed by atoms with van der Waals surface area (Å²) >= 11 is 0. The van der Waals surface area contributed by atoms with Crippen LogP contribution in [-0.2, 0) is 4.74 Å². The van der Waals surface area contributed by atoms with E-state index in [1.165, 1.54) is 0 Å². The summed E-state index contributed by atoms with van der Waals surface area (Å²) in [5.41, 5.74) is 0. The zero-order valence-electron chi connectivity index (χ0n) is 6.43. The van der Waals surface area contributed by atoms with Crippen LogP contribution >= 0.6 is 0 Å². The van der Waals surface area contributed by atoms with E-state index in [0.717, 1.165) is 5.76 Å². The molecule has 0 radical (unpaired) electrons. The lowest BCUT2D eigenvalue weighted by molar-refractivity contribution is 0.101. The molecule has 0 fully saturated rings. The zero-order valence-corrected chi connectivity index (χ0v) is 6.43. The lowest BCUT2D eigenvalue weighted by Crippen LogP contribution is -2.16. The number of hydrogen-bond acceptors (Lipinski definition) is 1. The molecular formula is C8H13FO. The van der Waals surface area contributed by atoms with Crippen LogP contribution in [0.3, 0.4) is 0 Å². The van der Waals surface area contributed by atoms with Crippen molar-refractivity contribution >= 4 is 0 Å². The molecule has 0 amide bonds.